The van der Waals surface area contributed by atoms with Crippen LogP contribution in [-0.2, 0) is 9.47 Å². The predicted octanol–water partition coefficient (Wildman–Crippen LogP) is 3.76. The number of rotatable bonds is 7. The van der Waals surface area contributed by atoms with Gasteiger partial charge in [-0.2, -0.15) is 30.7 Å². The van der Waals surface area contributed by atoms with E-state index in [1.165, 1.54) is 0 Å². The lowest BCUT2D eigenvalue weighted by molar-refractivity contribution is -0.364. The molecule has 0 aliphatic carbocycles. The Kier molecular flexibility index (Phi) is 4.75. The number of ether oxygens (including phenoxy) is 2. The molecule has 0 saturated heterocycles. The van der Waals surface area contributed by atoms with Crippen molar-refractivity contribution in [2.75, 3.05) is 6.61 Å². The Morgan fingerprint density at radius 2 is 1.39 bits per heavy atom. The fourth-order valence-electron chi connectivity index (χ4n) is 0.557. The molecule has 0 spiro atoms. The maximum Gasteiger partial charge on any atom is 0.468 e. The van der Waals surface area contributed by atoms with Gasteiger partial charge < -0.3 is 9.47 Å². The molecule has 0 aromatic carbocycles. The normalized spacial score (nSPS) is 13.3. The molecule has 0 heterocycles. The number of hydrogen-bond acceptors (Lipinski definition) is 2. The van der Waals surface area contributed by atoms with Crippen molar-refractivity contribution in [1.29, 1.82) is 0 Å². The van der Waals surface area contributed by atoms with Crippen LogP contribution in [0.4, 0.5) is 35.1 Å². The Bertz CT molecular complexity index is 338. The molecule has 106 valence electrons. The van der Waals surface area contributed by atoms with Crippen LogP contribution in [0.2, 0.25) is 0 Å². The van der Waals surface area contributed by atoms with Crippen LogP contribution >= 0.6 is 0 Å². The first-order valence-electron chi connectivity index (χ1n) is 3.97. The van der Waals surface area contributed by atoms with E-state index in [9.17, 15) is 35.1 Å². The van der Waals surface area contributed by atoms with Gasteiger partial charge in [0.25, 0.3) is 6.01 Å². The summed E-state index contributed by atoms with van der Waals surface area (Å²) in [6.07, 6.45) is -10.4. The monoisotopic (exact) mass is 286 g/mol. The molecule has 0 aromatic rings. The van der Waals surface area contributed by atoms with Crippen LogP contribution in [0.1, 0.15) is 0 Å². The van der Waals surface area contributed by atoms with E-state index in [4.69, 9.17) is 0 Å². The van der Waals surface area contributed by atoms with E-state index < -0.39 is 36.6 Å². The van der Waals surface area contributed by atoms with E-state index in [0.29, 0.717) is 0 Å². The van der Waals surface area contributed by atoms with Crippen LogP contribution in [0.3, 0.4) is 0 Å². The van der Waals surface area contributed by atoms with Crippen LogP contribution in [0, 0.1) is 0 Å². The Balaban J connectivity index is 4.75. The number of alkyl halides is 6. The van der Waals surface area contributed by atoms with Gasteiger partial charge in [-0.25, -0.2) is 4.39 Å². The third kappa shape index (κ3) is 4.17. The van der Waals surface area contributed by atoms with Gasteiger partial charge in [0.1, 0.15) is 6.61 Å². The van der Waals surface area contributed by atoms with Crippen molar-refractivity contribution in [2.24, 2.45) is 0 Å². The van der Waals surface area contributed by atoms with Gasteiger partial charge in [0.05, 0.1) is 0 Å². The summed E-state index contributed by atoms with van der Waals surface area (Å²) in [5.41, 5.74) is 0. The first-order chi connectivity index (χ1) is 7.82. The minimum atomic E-state index is -5.49. The Hall–Kier alpha value is -1.32. The largest absolute Gasteiger partial charge is 0.468 e. The standard InChI is InChI=1S/C8H6F8O2/c1-4(9)7(13,14)17-3-6(11,12)8(15,16)18-5(2)10/h1-3H2. The van der Waals surface area contributed by atoms with Crippen LogP contribution in [0.5, 0.6) is 0 Å². The molecule has 0 rings (SSSR count). The van der Waals surface area contributed by atoms with Gasteiger partial charge in [0, 0.05) is 0 Å². The van der Waals surface area contributed by atoms with Gasteiger partial charge in [0.2, 0.25) is 0 Å². The zero-order chi connectivity index (χ0) is 14.8. The lowest BCUT2D eigenvalue weighted by Gasteiger charge is -2.26. The van der Waals surface area contributed by atoms with Crippen molar-refractivity contribution in [3.05, 3.63) is 25.0 Å². The van der Waals surface area contributed by atoms with Crippen LogP contribution in [0.25, 0.3) is 0 Å². The molecule has 0 fully saturated rings. The summed E-state index contributed by atoms with van der Waals surface area (Å²) in [5.74, 6) is -7.81. The van der Waals surface area contributed by atoms with Gasteiger partial charge in [-0.05, 0) is 6.58 Å². The van der Waals surface area contributed by atoms with Crippen LogP contribution in [-0.4, -0.2) is 24.7 Å². The zero-order valence-corrected chi connectivity index (χ0v) is 8.46. The second-order valence-corrected chi connectivity index (χ2v) is 2.89. The summed E-state index contributed by atoms with van der Waals surface area (Å²) >= 11 is 0. The first kappa shape index (κ1) is 16.7. The highest BCUT2D eigenvalue weighted by atomic mass is 19.3. The predicted molar refractivity (Wildman–Crippen MR) is 42.4 cm³/mol. The van der Waals surface area contributed by atoms with Crippen molar-refractivity contribution in [1.82, 2.24) is 0 Å². The maximum absolute atomic E-state index is 12.7. The zero-order valence-electron chi connectivity index (χ0n) is 8.46. The first-order valence-corrected chi connectivity index (χ1v) is 3.97. The molecule has 0 unspecified atom stereocenters. The molecule has 18 heavy (non-hydrogen) atoms. The van der Waals surface area contributed by atoms with Crippen molar-refractivity contribution in [2.45, 2.75) is 18.1 Å². The third-order valence-corrected chi connectivity index (χ3v) is 1.42. The average molecular weight is 286 g/mol. The van der Waals surface area contributed by atoms with E-state index in [2.05, 4.69) is 22.6 Å². The summed E-state index contributed by atoms with van der Waals surface area (Å²) in [5, 5.41) is 0. The van der Waals surface area contributed by atoms with Crippen molar-refractivity contribution < 1.29 is 44.6 Å². The van der Waals surface area contributed by atoms with Crippen molar-refractivity contribution in [3.8, 4) is 0 Å². The summed E-state index contributed by atoms with van der Waals surface area (Å²) in [6, 6.07) is -2.26. The molecule has 2 nitrogen and oxygen atoms in total. The molecule has 0 N–H and O–H groups in total. The Morgan fingerprint density at radius 3 is 1.72 bits per heavy atom. The fourth-order valence-corrected chi connectivity index (χ4v) is 0.557. The van der Waals surface area contributed by atoms with Gasteiger partial charge >= 0.3 is 18.1 Å². The lowest BCUT2D eigenvalue weighted by Crippen LogP contribution is -2.47. The highest BCUT2D eigenvalue weighted by molar-refractivity contribution is 4.91. The molecular weight excluding hydrogens is 280 g/mol. The molecule has 0 aliphatic rings. The quantitative estimate of drug-likeness (QED) is 0.524. The maximum atomic E-state index is 12.7. The summed E-state index contributed by atoms with van der Waals surface area (Å²) in [6.45, 7) is 1.55. The number of halogens is 8. The van der Waals surface area contributed by atoms with Gasteiger partial charge in [-0.1, -0.05) is 6.58 Å². The lowest BCUT2D eigenvalue weighted by atomic mass is 10.3. The van der Waals surface area contributed by atoms with Gasteiger partial charge in [0.15, 0.2) is 5.83 Å². The molecule has 0 radical (unpaired) electrons. The topological polar surface area (TPSA) is 18.5 Å². The molecule has 10 heteroatoms. The van der Waals surface area contributed by atoms with Crippen molar-refractivity contribution in [3.63, 3.8) is 0 Å². The number of hydrogen-bond donors (Lipinski definition) is 0. The van der Waals surface area contributed by atoms with Gasteiger partial charge in [-0.3, -0.25) is 0 Å². The summed E-state index contributed by atoms with van der Waals surface area (Å²) in [4.78, 5) is 0. The molecule has 0 bridgehead atoms. The average Bonchev–Trinajstić information content (AvgIpc) is 2.12. The van der Waals surface area contributed by atoms with E-state index >= 15 is 0 Å². The second kappa shape index (κ2) is 5.12. The van der Waals surface area contributed by atoms with Crippen LogP contribution < -0.4 is 0 Å². The van der Waals surface area contributed by atoms with E-state index in [1.807, 2.05) is 0 Å². The van der Waals surface area contributed by atoms with Crippen LogP contribution in [0.15, 0.2) is 25.0 Å². The molecule has 0 aliphatic heterocycles. The second-order valence-electron chi connectivity index (χ2n) is 2.89. The van der Waals surface area contributed by atoms with E-state index in [-0.39, 0.29) is 0 Å². The van der Waals surface area contributed by atoms with Gasteiger partial charge in [-0.15, -0.1) is 0 Å². The SMILES string of the molecule is C=C(F)OC(F)(F)C(F)(F)COC(F)(F)C(=C)F. The molecule has 0 saturated carbocycles. The Morgan fingerprint density at radius 1 is 0.944 bits per heavy atom. The fraction of sp³-hybridized carbons (Fsp3) is 0.500. The Labute approximate surface area is 95.5 Å². The molecule has 0 amide bonds. The minimum absolute atomic E-state index is 2.06. The molecule has 0 aromatic heterocycles. The van der Waals surface area contributed by atoms with Crippen molar-refractivity contribution >= 4 is 0 Å². The third-order valence-electron chi connectivity index (χ3n) is 1.42. The molecular formula is C8H6F8O2. The smallest absolute Gasteiger partial charge is 0.402 e. The molecule has 0 atom stereocenters. The highest BCUT2D eigenvalue weighted by Gasteiger charge is 2.61. The van der Waals surface area contributed by atoms with E-state index in [1.54, 1.807) is 0 Å². The van der Waals surface area contributed by atoms with E-state index in [0.717, 1.165) is 0 Å². The summed E-state index contributed by atoms with van der Waals surface area (Å²) in [7, 11) is 0. The highest BCUT2D eigenvalue weighted by Crippen LogP contribution is 2.39. The summed E-state index contributed by atoms with van der Waals surface area (Å²) < 4.78 is 104. The minimum Gasteiger partial charge on any atom is -0.402 e.